The predicted molar refractivity (Wildman–Crippen MR) is 96.4 cm³/mol. The van der Waals surface area contributed by atoms with Crippen LogP contribution in [0.25, 0.3) is 21.9 Å². The van der Waals surface area contributed by atoms with E-state index in [1.54, 1.807) is 45.7 Å². The standard InChI is InChI=1S/C20H15NO6/c1-23-9-6-11-13(12(7-9)24-2)15-14-10(4-5-21-16(14)17(11)22)18(25-3)20-19(15)26-8-27-20/h4-7H,8H2,1-3H3. The highest BCUT2D eigenvalue weighted by Crippen LogP contribution is 2.57. The summed E-state index contributed by atoms with van der Waals surface area (Å²) in [7, 11) is 4.65. The molecule has 136 valence electrons. The summed E-state index contributed by atoms with van der Waals surface area (Å²) in [6, 6.07) is 5.24. The van der Waals surface area contributed by atoms with E-state index in [-0.39, 0.29) is 12.6 Å². The van der Waals surface area contributed by atoms with E-state index in [0.29, 0.717) is 51.0 Å². The molecule has 0 bridgehead atoms. The van der Waals surface area contributed by atoms with Gasteiger partial charge in [-0.2, -0.15) is 0 Å². The fourth-order valence-electron chi connectivity index (χ4n) is 3.82. The van der Waals surface area contributed by atoms with E-state index in [4.69, 9.17) is 23.7 Å². The third-order valence-corrected chi connectivity index (χ3v) is 4.94. The van der Waals surface area contributed by atoms with Crippen LogP contribution in [0.1, 0.15) is 16.1 Å². The molecule has 2 heterocycles. The number of hydrogen-bond acceptors (Lipinski definition) is 7. The summed E-state index contributed by atoms with van der Waals surface area (Å²) in [5.41, 5.74) is 2.14. The average molecular weight is 365 g/mol. The van der Waals surface area contributed by atoms with Crippen LogP contribution in [0, 0.1) is 0 Å². The molecule has 0 fully saturated rings. The highest BCUT2D eigenvalue weighted by molar-refractivity contribution is 6.27. The lowest BCUT2D eigenvalue weighted by molar-refractivity contribution is 0.103. The maximum Gasteiger partial charge on any atom is 0.231 e. The molecule has 0 unspecified atom stereocenters. The van der Waals surface area contributed by atoms with Gasteiger partial charge in [-0.05, 0) is 12.1 Å². The first-order valence-electron chi connectivity index (χ1n) is 8.29. The quantitative estimate of drug-likeness (QED) is 0.552. The van der Waals surface area contributed by atoms with Gasteiger partial charge in [-0.25, -0.2) is 0 Å². The summed E-state index contributed by atoms with van der Waals surface area (Å²) in [5, 5.41) is 1.40. The van der Waals surface area contributed by atoms with Crippen LogP contribution in [0.15, 0.2) is 24.4 Å². The number of pyridine rings is 1. The van der Waals surface area contributed by atoms with Crippen molar-refractivity contribution >= 4 is 16.6 Å². The summed E-state index contributed by atoms with van der Waals surface area (Å²) < 4.78 is 27.9. The van der Waals surface area contributed by atoms with Gasteiger partial charge in [-0.3, -0.25) is 9.78 Å². The van der Waals surface area contributed by atoms with Crippen molar-refractivity contribution in [3.05, 3.63) is 35.7 Å². The van der Waals surface area contributed by atoms with Crippen LogP contribution in [0.3, 0.4) is 0 Å². The number of carbonyl (C=O) groups excluding carboxylic acids is 1. The van der Waals surface area contributed by atoms with Gasteiger partial charge in [0, 0.05) is 39.7 Å². The second kappa shape index (κ2) is 5.51. The number of methoxy groups -OCH3 is 3. The van der Waals surface area contributed by atoms with E-state index in [0.717, 1.165) is 10.9 Å². The molecule has 3 aromatic rings. The van der Waals surface area contributed by atoms with Crippen molar-refractivity contribution in [2.24, 2.45) is 0 Å². The molecule has 7 nitrogen and oxygen atoms in total. The minimum absolute atomic E-state index is 0.0690. The molecule has 0 N–H and O–H groups in total. The molecule has 1 aromatic heterocycles. The van der Waals surface area contributed by atoms with Gasteiger partial charge in [-0.15, -0.1) is 0 Å². The molecule has 27 heavy (non-hydrogen) atoms. The number of aromatic nitrogens is 1. The minimum atomic E-state index is -0.207. The first-order chi connectivity index (χ1) is 13.2. The molecule has 7 heteroatoms. The van der Waals surface area contributed by atoms with Crippen molar-refractivity contribution in [3.8, 4) is 39.9 Å². The van der Waals surface area contributed by atoms with Gasteiger partial charge in [0.1, 0.15) is 17.2 Å². The molecule has 2 aliphatic rings. The molecule has 0 spiro atoms. The van der Waals surface area contributed by atoms with Crippen LogP contribution in [0.5, 0.6) is 28.7 Å². The normalized spacial score (nSPS) is 13.5. The molecule has 2 aromatic carbocycles. The SMILES string of the molecule is COc1cc(OC)c2c(c1)C(=O)c1nccc3c(OC)c4c(c-2c13)OCO4. The number of fused-ring (bicyclic) bond motifs is 4. The third-order valence-electron chi connectivity index (χ3n) is 4.94. The molecule has 0 atom stereocenters. The van der Waals surface area contributed by atoms with Crippen LogP contribution in [-0.4, -0.2) is 38.9 Å². The van der Waals surface area contributed by atoms with Crippen molar-refractivity contribution < 1.29 is 28.5 Å². The van der Waals surface area contributed by atoms with E-state index in [2.05, 4.69) is 4.98 Å². The second-order valence-electron chi connectivity index (χ2n) is 6.14. The van der Waals surface area contributed by atoms with Gasteiger partial charge in [0.15, 0.2) is 11.5 Å². The molecule has 0 saturated carbocycles. The van der Waals surface area contributed by atoms with Crippen molar-refractivity contribution in [2.75, 3.05) is 28.1 Å². The lowest BCUT2D eigenvalue weighted by Gasteiger charge is -2.24. The first-order valence-corrected chi connectivity index (χ1v) is 8.29. The number of hydrogen-bond donors (Lipinski definition) is 0. The van der Waals surface area contributed by atoms with Crippen molar-refractivity contribution in [1.82, 2.24) is 4.98 Å². The Morgan fingerprint density at radius 2 is 1.81 bits per heavy atom. The lowest BCUT2D eigenvalue weighted by Crippen LogP contribution is -2.14. The van der Waals surface area contributed by atoms with Gasteiger partial charge >= 0.3 is 0 Å². The monoisotopic (exact) mass is 365 g/mol. The van der Waals surface area contributed by atoms with Crippen molar-refractivity contribution in [2.45, 2.75) is 0 Å². The Hall–Kier alpha value is -3.48. The number of carbonyl (C=O) groups is 1. The number of benzene rings is 2. The Bertz CT molecular complexity index is 1140. The molecular weight excluding hydrogens is 350 g/mol. The fourth-order valence-corrected chi connectivity index (χ4v) is 3.82. The zero-order chi connectivity index (χ0) is 18.7. The van der Waals surface area contributed by atoms with E-state index >= 15 is 0 Å². The zero-order valence-corrected chi connectivity index (χ0v) is 14.9. The van der Waals surface area contributed by atoms with E-state index in [1.807, 2.05) is 0 Å². The predicted octanol–water partition coefficient (Wildman–Crippen LogP) is 3.20. The lowest BCUT2D eigenvalue weighted by atomic mass is 9.83. The van der Waals surface area contributed by atoms with Crippen LogP contribution >= 0.6 is 0 Å². The van der Waals surface area contributed by atoms with Crippen LogP contribution in [0.4, 0.5) is 0 Å². The molecule has 1 aliphatic carbocycles. The number of ketones is 1. The summed E-state index contributed by atoms with van der Waals surface area (Å²) in [6.07, 6.45) is 1.59. The Labute approximate surface area is 154 Å². The molecular formula is C20H15NO6. The van der Waals surface area contributed by atoms with Gasteiger partial charge in [0.25, 0.3) is 0 Å². The highest BCUT2D eigenvalue weighted by Gasteiger charge is 2.37. The van der Waals surface area contributed by atoms with Gasteiger partial charge < -0.3 is 23.7 Å². The van der Waals surface area contributed by atoms with Crippen molar-refractivity contribution in [1.29, 1.82) is 0 Å². The largest absolute Gasteiger partial charge is 0.497 e. The van der Waals surface area contributed by atoms with Crippen LogP contribution < -0.4 is 23.7 Å². The summed E-state index contributed by atoms with van der Waals surface area (Å²) in [4.78, 5) is 17.6. The molecule has 5 rings (SSSR count). The van der Waals surface area contributed by atoms with Crippen molar-refractivity contribution in [3.63, 3.8) is 0 Å². The Kier molecular flexibility index (Phi) is 3.21. The van der Waals surface area contributed by atoms with Gasteiger partial charge in [0.05, 0.1) is 21.3 Å². The smallest absolute Gasteiger partial charge is 0.231 e. The van der Waals surface area contributed by atoms with Gasteiger partial charge in [0.2, 0.25) is 18.3 Å². The molecule has 0 amide bonds. The summed E-state index contributed by atoms with van der Waals surface area (Å²) in [5.74, 6) is 2.38. The highest BCUT2D eigenvalue weighted by atomic mass is 16.7. The Balaban J connectivity index is 2.02. The molecule has 0 radical (unpaired) electrons. The zero-order valence-electron chi connectivity index (χ0n) is 14.9. The number of ether oxygens (including phenoxy) is 5. The summed E-state index contributed by atoms with van der Waals surface area (Å²) in [6.45, 7) is 0.0690. The number of rotatable bonds is 3. The van der Waals surface area contributed by atoms with Crippen LogP contribution in [-0.2, 0) is 0 Å². The molecule has 1 aliphatic heterocycles. The van der Waals surface area contributed by atoms with E-state index in [9.17, 15) is 4.79 Å². The maximum absolute atomic E-state index is 13.2. The molecule has 0 saturated heterocycles. The average Bonchev–Trinajstić information content (AvgIpc) is 3.19. The Morgan fingerprint density at radius 1 is 1.00 bits per heavy atom. The minimum Gasteiger partial charge on any atom is -0.497 e. The third kappa shape index (κ3) is 1.91. The van der Waals surface area contributed by atoms with Gasteiger partial charge in [-0.1, -0.05) is 0 Å². The number of nitrogens with zero attached hydrogens (tertiary/aromatic N) is 1. The Morgan fingerprint density at radius 3 is 2.56 bits per heavy atom. The fraction of sp³-hybridized carbons (Fsp3) is 0.200. The second-order valence-corrected chi connectivity index (χ2v) is 6.14. The topological polar surface area (TPSA) is 76.1 Å². The first kappa shape index (κ1) is 15.7. The van der Waals surface area contributed by atoms with E-state index in [1.165, 1.54) is 0 Å². The maximum atomic E-state index is 13.2. The summed E-state index contributed by atoms with van der Waals surface area (Å²) >= 11 is 0. The van der Waals surface area contributed by atoms with Crippen LogP contribution in [0.2, 0.25) is 0 Å². The van der Waals surface area contributed by atoms with E-state index < -0.39 is 0 Å².